The zero-order valence-corrected chi connectivity index (χ0v) is 16.8. The van der Waals surface area contributed by atoms with Gasteiger partial charge in [-0.3, -0.25) is 0 Å². The summed E-state index contributed by atoms with van der Waals surface area (Å²) < 4.78 is 24.4. The van der Waals surface area contributed by atoms with Gasteiger partial charge in [0.05, 0.1) is 17.6 Å². The van der Waals surface area contributed by atoms with Gasteiger partial charge in [-0.1, -0.05) is 23.7 Å². The summed E-state index contributed by atoms with van der Waals surface area (Å²) >= 11 is 6.12. The highest BCUT2D eigenvalue weighted by atomic mass is 35.5. The van der Waals surface area contributed by atoms with Crippen molar-refractivity contribution in [3.8, 4) is 11.3 Å². The van der Waals surface area contributed by atoms with Gasteiger partial charge >= 0.3 is 0 Å². The van der Waals surface area contributed by atoms with E-state index in [0.717, 1.165) is 48.4 Å². The van der Waals surface area contributed by atoms with E-state index >= 15 is 0 Å². The van der Waals surface area contributed by atoms with Crippen LogP contribution in [0.2, 0.25) is 5.02 Å². The molecule has 0 unspecified atom stereocenters. The lowest BCUT2D eigenvalue weighted by molar-refractivity contribution is 0.361. The van der Waals surface area contributed by atoms with Crippen molar-refractivity contribution < 1.29 is 8.42 Å². The van der Waals surface area contributed by atoms with Gasteiger partial charge in [-0.05, 0) is 55.9 Å². The topological polar surface area (TPSA) is 102 Å². The van der Waals surface area contributed by atoms with Crippen LogP contribution in [0.15, 0.2) is 42.6 Å². The van der Waals surface area contributed by atoms with Gasteiger partial charge in [-0.25, -0.2) is 23.1 Å². The number of nitrogens with two attached hydrogens (primary N) is 1. The Bertz CT molecular complexity index is 1090. The SMILES string of the molecule is NS(=O)(=O)CC1CCC(Nc2ccc3ncc(-c4cccc(Cl)c4)n3n2)CC1. The molecule has 0 amide bonds. The number of hydrogen-bond donors (Lipinski definition) is 2. The maximum Gasteiger partial charge on any atom is 0.209 e. The molecule has 0 saturated heterocycles. The third-order valence-corrected chi connectivity index (χ3v) is 6.32. The number of benzene rings is 1. The van der Waals surface area contributed by atoms with E-state index in [1.165, 1.54) is 0 Å². The second-order valence-electron chi connectivity index (χ2n) is 7.33. The van der Waals surface area contributed by atoms with Crippen LogP contribution in [0.1, 0.15) is 25.7 Å². The highest BCUT2D eigenvalue weighted by molar-refractivity contribution is 7.89. The molecule has 7 nitrogen and oxygen atoms in total. The first-order valence-corrected chi connectivity index (χ1v) is 11.3. The molecule has 1 saturated carbocycles. The zero-order valence-electron chi connectivity index (χ0n) is 15.3. The summed E-state index contributed by atoms with van der Waals surface area (Å²) in [6, 6.07) is 11.7. The van der Waals surface area contributed by atoms with E-state index in [-0.39, 0.29) is 17.7 Å². The van der Waals surface area contributed by atoms with Crippen molar-refractivity contribution >= 4 is 33.1 Å². The number of primary sulfonamides is 1. The van der Waals surface area contributed by atoms with Gasteiger partial charge in [0, 0.05) is 16.6 Å². The minimum Gasteiger partial charge on any atom is -0.366 e. The first-order chi connectivity index (χ1) is 13.4. The minimum atomic E-state index is -3.40. The summed E-state index contributed by atoms with van der Waals surface area (Å²) in [5.74, 6) is 0.984. The Balaban J connectivity index is 1.49. The van der Waals surface area contributed by atoms with E-state index in [2.05, 4.69) is 10.3 Å². The van der Waals surface area contributed by atoms with Gasteiger partial charge in [0.25, 0.3) is 0 Å². The van der Waals surface area contributed by atoms with Crippen LogP contribution in [0.5, 0.6) is 0 Å². The molecular formula is C19H22ClN5O2S. The Morgan fingerprint density at radius 2 is 1.96 bits per heavy atom. The molecule has 2 heterocycles. The fourth-order valence-electron chi connectivity index (χ4n) is 3.81. The maximum absolute atomic E-state index is 11.3. The maximum atomic E-state index is 11.3. The Hall–Kier alpha value is -2.16. The summed E-state index contributed by atoms with van der Waals surface area (Å²) in [7, 11) is -3.40. The van der Waals surface area contributed by atoms with Gasteiger partial charge in [0.2, 0.25) is 10.0 Å². The van der Waals surface area contributed by atoms with Gasteiger partial charge in [-0.15, -0.1) is 5.10 Å². The van der Waals surface area contributed by atoms with Crippen LogP contribution >= 0.6 is 11.6 Å². The van der Waals surface area contributed by atoms with Gasteiger partial charge in [-0.2, -0.15) is 0 Å². The second-order valence-corrected chi connectivity index (χ2v) is 9.43. The van der Waals surface area contributed by atoms with Crippen LogP contribution in [0, 0.1) is 5.92 Å². The molecule has 28 heavy (non-hydrogen) atoms. The second kappa shape index (κ2) is 7.69. The van der Waals surface area contributed by atoms with E-state index < -0.39 is 10.0 Å². The van der Waals surface area contributed by atoms with Crippen molar-refractivity contribution in [3.63, 3.8) is 0 Å². The third kappa shape index (κ3) is 4.45. The van der Waals surface area contributed by atoms with E-state index in [9.17, 15) is 8.42 Å². The zero-order chi connectivity index (χ0) is 19.7. The van der Waals surface area contributed by atoms with Gasteiger partial charge < -0.3 is 5.32 Å². The van der Waals surface area contributed by atoms with E-state index in [1.54, 1.807) is 10.7 Å². The van der Waals surface area contributed by atoms with Gasteiger partial charge in [0.15, 0.2) is 5.65 Å². The number of halogens is 1. The fraction of sp³-hybridized carbons (Fsp3) is 0.368. The largest absolute Gasteiger partial charge is 0.366 e. The Morgan fingerprint density at radius 3 is 2.68 bits per heavy atom. The van der Waals surface area contributed by atoms with Crippen LogP contribution in [-0.2, 0) is 10.0 Å². The van der Waals surface area contributed by atoms with Crippen LogP contribution in [-0.4, -0.2) is 34.8 Å². The molecule has 9 heteroatoms. The normalized spacial score (nSPS) is 20.4. The number of rotatable bonds is 5. The molecule has 1 aliphatic rings. The lowest BCUT2D eigenvalue weighted by atomic mass is 9.87. The van der Waals surface area contributed by atoms with E-state index in [1.807, 2.05) is 36.4 Å². The molecule has 0 spiro atoms. The molecule has 0 bridgehead atoms. The number of fused-ring (bicyclic) bond motifs is 1. The number of aromatic nitrogens is 3. The van der Waals surface area contributed by atoms with Crippen LogP contribution < -0.4 is 10.5 Å². The van der Waals surface area contributed by atoms with Crippen molar-refractivity contribution in [1.29, 1.82) is 0 Å². The average molecular weight is 420 g/mol. The number of hydrogen-bond acceptors (Lipinski definition) is 5. The first-order valence-electron chi connectivity index (χ1n) is 9.25. The van der Waals surface area contributed by atoms with Crippen LogP contribution in [0.3, 0.4) is 0 Å². The van der Waals surface area contributed by atoms with E-state index in [0.29, 0.717) is 5.02 Å². The number of imidazole rings is 1. The third-order valence-electron chi connectivity index (χ3n) is 5.15. The highest BCUT2D eigenvalue weighted by Crippen LogP contribution is 2.28. The van der Waals surface area contributed by atoms with Crippen LogP contribution in [0.4, 0.5) is 5.82 Å². The molecule has 4 rings (SSSR count). The Labute approximate surface area is 169 Å². The monoisotopic (exact) mass is 419 g/mol. The van der Waals surface area contributed by atoms with Crippen molar-refractivity contribution in [2.75, 3.05) is 11.1 Å². The number of nitrogens with one attached hydrogen (secondary N) is 1. The number of nitrogens with zero attached hydrogens (tertiary/aromatic N) is 3. The summed E-state index contributed by atoms with van der Waals surface area (Å²) in [5, 5.41) is 14.0. The molecule has 0 radical (unpaired) electrons. The Kier molecular flexibility index (Phi) is 5.27. The Morgan fingerprint density at radius 1 is 1.18 bits per heavy atom. The molecule has 1 fully saturated rings. The lowest BCUT2D eigenvalue weighted by Gasteiger charge is -2.28. The molecule has 3 N–H and O–H groups in total. The molecule has 0 atom stereocenters. The molecule has 1 aromatic carbocycles. The summed E-state index contributed by atoms with van der Waals surface area (Å²) in [6.07, 6.45) is 5.26. The molecule has 0 aliphatic heterocycles. The van der Waals surface area contributed by atoms with Gasteiger partial charge in [0.1, 0.15) is 5.82 Å². The number of sulfonamides is 1. The molecule has 3 aromatic rings. The van der Waals surface area contributed by atoms with Crippen molar-refractivity contribution in [1.82, 2.24) is 14.6 Å². The predicted octanol–water partition coefficient (Wildman–Crippen LogP) is 3.31. The standard InChI is InChI=1S/C19H22ClN5O2S/c20-15-3-1-2-14(10-15)17-11-22-19-9-8-18(24-25(17)19)23-16-6-4-13(5-7-16)12-28(21,26)27/h1-3,8-11,13,16H,4-7,12H2,(H,23,24)(H2,21,26,27). The summed E-state index contributed by atoms with van der Waals surface area (Å²) in [4.78, 5) is 4.42. The average Bonchev–Trinajstić information content (AvgIpc) is 3.05. The fourth-order valence-corrected chi connectivity index (χ4v) is 4.99. The smallest absolute Gasteiger partial charge is 0.209 e. The molecule has 2 aromatic heterocycles. The molecule has 148 valence electrons. The van der Waals surface area contributed by atoms with Crippen molar-refractivity contribution in [3.05, 3.63) is 47.6 Å². The van der Waals surface area contributed by atoms with E-state index in [4.69, 9.17) is 21.8 Å². The number of anilines is 1. The van der Waals surface area contributed by atoms with Crippen molar-refractivity contribution in [2.24, 2.45) is 11.1 Å². The van der Waals surface area contributed by atoms with Crippen molar-refractivity contribution in [2.45, 2.75) is 31.7 Å². The first kappa shape index (κ1) is 19.2. The lowest BCUT2D eigenvalue weighted by Crippen LogP contribution is -2.31. The summed E-state index contributed by atoms with van der Waals surface area (Å²) in [6.45, 7) is 0. The van der Waals surface area contributed by atoms with Crippen LogP contribution in [0.25, 0.3) is 16.9 Å². The minimum absolute atomic E-state index is 0.0714. The predicted molar refractivity (Wildman–Crippen MR) is 111 cm³/mol. The molecular weight excluding hydrogens is 398 g/mol. The quantitative estimate of drug-likeness (QED) is 0.660. The summed E-state index contributed by atoms with van der Waals surface area (Å²) in [5.41, 5.74) is 2.59. The molecule has 1 aliphatic carbocycles. The highest BCUT2D eigenvalue weighted by Gasteiger charge is 2.24.